The smallest absolute Gasteiger partial charge is 0.219 e. The van der Waals surface area contributed by atoms with E-state index in [1.54, 1.807) is 6.92 Å². The molecule has 0 fully saturated rings. The van der Waals surface area contributed by atoms with E-state index in [1.807, 2.05) is 97.9 Å². The molecule has 38 heavy (non-hydrogen) atoms. The minimum atomic E-state index is 0.352. The lowest BCUT2D eigenvalue weighted by molar-refractivity contribution is -0.106. The second-order valence-electron chi connectivity index (χ2n) is 8.41. The minimum Gasteiger partial charge on any atom is -0.457 e. The van der Waals surface area contributed by atoms with Gasteiger partial charge in [-0.3, -0.25) is 9.69 Å². The number of hydrogen-bond acceptors (Lipinski definition) is 6. The number of rotatable bonds is 10. The summed E-state index contributed by atoms with van der Waals surface area (Å²) in [5.41, 5.74) is 9.71. The van der Waals surface area contributed by atoms with Crippen molar-refractivity contribution in [1.82, 2.24) is 0 Å². The Morgan fingerprint density at radius 1 is 0.974 bits per heavy atom. The number of aliphatic imine (C=N–C) groups is 1. The molecular weight excluding hydrogens is 474 g/mol. The Morgan fingerprint density at radius 2 is 1.61 bits per heavy atom. The molecule has 7 nitrogen and oxygen atoms in total. The van der Waals surface area contributed by atoms with Crippen LogP contribution in [0.15, 0.2) is 108 Å². The van der Waals surface area contributed by atoms with Gasteiger partial charge in [0.1, 0.15) is 17.2 Å². The molecule has 0 unspecified atom stereocenters. The molecule has 0 aliphatic heterocycles. The van der Waals surface area contributed by atoms with E-state index in [0.29, 0.717) is 35.1 Å². The third-order valence-electron chi connectivity index (χ3n) is 5.58. The second kappa shape index (κ2) is 15.6. The number of hydrogen-bond donors (Lipinski definition) is 2. The standard InChI is InChI=1S/C27H29N5O2.C4H10/c1-5-30-27(32(19-33)23-11-9-10-21(18-23)29-3)26(20(2)28)31(4)22-14-16-25(17-15-22)34-24-12-7-6-8-13-24;1-3-4-2/h5-19,29H,1,28H2,2-4H3;3-4H2,1-2H3/b26-20-,30-27?;. The maximum absolute atomic E-state index is 12.2. The molecule has 0 atom stereocenters. The van der Waals surface area contributed by atoms with E-state index in [1.165, 1.54) is 23.9 Å². The Morgan fingerprint density at radius 3 is 2.13 bits per heavy atom. The molecule has 0 saturated carbocycles. The molecular formula is C31H39N5O2. The predicted octanol–water partition coefficient (Wildman–Crippen LogP) is 7.16. The molecule has 0 aliphatic carbocycles. The molecule has 3 rings (SSSR count). The van der Waals surface area contributed by atoms with Crippen molar-refractivity contribution < 1.29 is 9.53 Å². The summed E-state index contributed by atoms with van der Waals surface area (Å²) in [7, 11) is 3.68. The maximum atomic E-state index is 12.2. The molecule has 3 aromatic rings. The number of anilines is 3. The Labute approximate surface area is 226 Å². The number of amides is 1. The largest absolute Gasteiger partial charge is 0.457 e. The first-order chi connectivity index (χ1) is 18.4. The number of nitrogens with one attached hydrogen (secondary N) is 1. The van der Waals surface area contributed by atoms with Crippen LogP contribution >= 0.6 is 0 Å². The number of nitrogens with two attached hydrogens (primary N) is 1. The van der Waals surface area contributed by atoms with E-state index in [9.17, 15) is 4.79 Å². The van der Waals surface area contributed by atoms with Crippen LogP contribution < -0.4 is 25.6 Å². The number of carbonyl (C=O) groups is 1. The van der Waals surface area contributed by atoms with Gasteiger partial charge in [-0.2, -0.15) is 0 Å². The molecule has 3 aromatic carbocycles. The second-order valence-corrected chi connectivity index (χ2v) is 8.41. The number of carbonyl (C=O) groups excluding carboxylic acids is 1. The van der Waals surface area contributed by atoms with Crippen molar-refractivity contribution in [3.05, 3.63) is 103 Å². The van der Waals surface area contributed by atoms with Crippen LogP contribution in [0.3, 0.4) is 0 Å². The SMILES string of the molecule is C=CN=C(/C(=C(\C)N)N(C)c1ccc(Oc2ccccc2)cc1)N(C=O)c1cccc(NC)c1.CCCC. The summed E-state index contributed by atoms with van der Waals surface area (Å²) in [5, 5.41) is 3.08. The fourth-order valence-electron chi connectivity index (χ4n) is 3.45. The van der Waals surface area contributed by atoms with Gasteiger partial charge in [0.25, 0.3) is 0 Å². The number of ether oxygens (including phenoxy) is 1. The van der Waals surface area contributed by atoms with Gasteiger partial charge in [-0.05, 0) is 61.5 Å². The lowest BCUT2D eigenvalue weighted by Gasteiger charge is -2.29. The van der Waals surface area contributed by atoms with E-state index >= 15 is 0 Å². The van der Waals surface area contributed by atoms with Gasteiger partial charge >= 0.3 is 0 Å². The van der Waals surface area contributed by atoms with Crippen LogP contribution in [0.2, 0.25) is 0 Å². The van der Waals surface area contributed by atoms with Crippen LogP contribution in [-0.2, 0) is 4.79 Å². The van der Waals surface area contributed by atoms with Gasteiger partial charge in [0, 0.05) is 37.4 Å². The lowest BCUT2D eigenvalue weighted by atomic mass is 10.2. The highest BCUT2D eigenvalue weighted by Crippen LogP contribution is 2.28. The van der Waals surface area contributed by atoms with Gasteiger partial charge in [0.2, 0.25) is 6.41 Å². The lowest BCUT2D eigenvalue weighted by Crippen LogP contribution is -2.38. The minimum absolute atomic E-state index is 0.352. The number of unbranched alkanes of at least 4 members (excludes halogenated alkanes) is 1. The third-order valence-corrected chi connectivity index (χ3v) is 5.58. The van der Waals surface area contributed by atoms with Gasteiger partial charge in [-0.25, -0.2) is 4.99 Å². The summed E-state index contributed by atoms with van der Waals surface area (Å²) in [6, 6.07) is 24.6. The Hall–Kier alpha value is -4.52. The van der Waals surface area contributed by atoms with Gasteiger partial charge in [-0.15, -0.1) is 0 Å². The summed E-state index contributed by atoms with van der Waals surface area (Å²) in [6.07, 6.45) is 4.74. The Kier molecular flexibility index (Phi) is 12.2. The summed E-state index contributed by atoms with van der Waals surface area (Å²) in [4.78, 5) is 20.0. The highest BCUT2D eigenvalue weighted by molar-refractivity contribution is 6.20. The van der Waals surface area contributed by atoms with Gasteiger partial charge in [-0.1, -0.05) is 57.5 Å². The topological polar surface area (TPSA) is 83.2 Å². The first-order valence-electron chi connectivity index (χ1n) is 12.6. The van der Waals surface area contributed by atoms with Crippen molar-refractivity contribution in [3.63, 3.8) is 0 Å². The Bertz CT molecular complexity index is 1210. The molecule has 0 bridgehead atoms. The number of amidine groups is 1. The highest BCUT2D eigenvalue weighted by atomic mass is 16.5. The molecule has 3 N–H and O–H groups in total. The van der Waals surface area contributed by atoms with Gasteiger partial charge in [0.15, 0.2) is 5.84 Å². The van der Waals surface area contributed by atoms with Gasteiger partial charge < -0.3 is 20.7 Å². The van der Waals surface area contributed by atoms with E-state index in [2.05, 4.69) is 30.7 Å². The number of allylic oxidation sites excluding steroid dienone is 1. The molecule has 0 spiro atoms. The maximum Gasteiger partial charge on any atom is 0.219 e. The Balaban J connectivity index is 0.00000118. The van der Waals surface area contributed by atoms with Crippen LogP contribution in [0.25, 0.3) is 0 Å². The van der Waals surface area contributed by atoms with Crippen LogP contribution in [0.5, 0.6) is 11.5 Å². The molecule has 1 amide bonds. The van der Waals surface area contributed by atoms with Crippen molar-refractivity contribution in [1.29, 1.82) is 0 Å². The highest BCUT2D eigenvalue weighted by Gasteiger charge is 2.23. The van der Waals surface area contributed by atoms with Crippen molar-refractivity contribution in [2.45, 2.75) is 33.6 Å². The fourth-order valence-corrected chi connectivity index (χ4v) is 3.45. The zero-order chi connectivity index (χ0) is 27.9. The van der Waals surface area contributed by atoms with Gasteiger partial charge in [0.05, 0.1) is 5.69 Å². The normalized spacial score (nSPS) is 11.3. The number of nitrogens with zero attached hydrogens (tertiary/aromatic N) is 3. The number of likely N-dealkylation sites (N-methyl/N-ethyl adjacent to an activating group) is 1. The summed E-state index contributed by atoms with van der Waals surface area (Å²) in [5.74, 6) is 1.81. The van der Waals surface area contributed by atoms with E-state index < -0.39 is 0 Å². The number of para-hydroxylation sites is 1. The third kappa shape index (κ3) is 8.27. The molecule has 7 heteroatoms. The molecule has 0 aromatic heterocycles. The zero-order valence-corrected chi connectivity index (χ0v) is 23.0. The number of benzene rings is 3. The molecule has 0 radical (unpaired) electrons. The summed E-state index contributed by atoms with van der Waals surface area (Å²) < 4.78 is 5.89. The zero-order valence-electron chi connectivity index (χ0n) is 23.0. The van der Waals surface area contributed by atoms with Crippen molar-refractivity contribution in [3.8, 4) is 11.5 Å². The molecule has 0 heterocycles. The average Bonchev–Trinajstić information content (AvgIpc) is 2.94. The van der Waals surface area contributed by atoms with Crippen LogP contribution in [-0.4, -0.2) is 26.3 Å². The first-order valence-corrected chi connectivity index (χ1v) is 12.6. The van der Waals surface area contributed by atoms with E-state index in [-0.39, 0.29) is 0 Å². The fraction of sp³-hybridized carbons (Fsp3) is 0.226. The molecule has 0 saturated heterocycles. The summed E-state index contributed by atoms with van der Waals surface area (Å²) in [6.45, 7) is 9.86. The van der Waals surface area contributed by atoms with Crippen molar-refractivity contribution in [2.24, 2.45) is 10.7 Å². The quantitative estimate of drug-likeness (QED) is 0.171. The van der Waals surface area contributed by atoms with Crippen LogP contribution in [0.4, 0.5) is 17.1 Å². The molecule has 200 valence electrons. The predicted molar refractivity (Wildman–Crippen MR) is 161 cm³/mol. The van der Waals surface area contributed by atoms with Crippen LogP contribution in [0, 0.1) is 0 Å². The van der Waals surface area contributed by atoms with Crippen LogP contribution in [0.1, 0.15) is 33.6 Å². The summed E-state index contributed by atoms with van der Waals surface area (Å²) >= 11 is 0. The van der Waals surface area contributed by atoms with Crippen molar-refractivity contribution >= 4 is 29.3 Å². The first kappa shape index (κ1) is 29.7. The van der Waals surface area contributed by atoms with E-state index in [0.717, 1.165) is 17.1 Å². The monoisotopic (exact) mass is 513 g/mol. The average molecular weight is 514 g/mol. The van der Waals surface area contributed by atoms with Crippen molar-refractivity contribution in [2.75, 3.05) is 29.2 Å². The van der Waals surface area contributed by atoms with E-state index in [4.69, 9.17) is 10.5 Å². The molecule has 0 aliphatic rings.